The van der Waals surface area contributed by atoms with Crippen molar-refractivity contribution in [2.75, 3.05) is 49.9 Å². The summed E-state index contributed by atoms with van der Waals surface area (Å²) in [5.41, 5.74) is 3.06. The van der Waals surface area contributed by atoms with Gasteiger partial charge in [0.1, 0.15) is 17.2 Å². The van der Waals surface area contributed by atoms with E-state index in [1.807, 2.05) is 54.6 Å². The third-order valence-corrected chi connectivity index (χ3v) is 5.84. The fourth-order valence-corrected chi connectivity index (χ4v) is 4.04. The van der Waals surface area contributed by atoms with Gasteiger partial charge in [0.15, 0.2) is 0 Å². The number of benzene rings is 2. The molecule has 1 aliphatic heterocycles. The lowest BCUT2D eigenvalue weighted by Gasteiger charge is -2.27. The molecule has 0 unspecified atom stereocenters. The van der Waals surface area contributed by atoms with Crippen LogP contribution in [0.15, 0.2) is 77.3 Å². The lowest BCUT2D eigenvalue weighted by atomic mass is 10.1. The minimum Gasteiger partial charge on any atom is -0.456 e. The van der Waals surface area contributed by atoms with Crippen molar-refractivity contribution in [1.82, 2.24) is 15.2 Å². The first-order valence-electron chi connectivity index (χ1n) is 11.3. The second kappa shape index (κ2) is 9.85. The average molecular weight is 442 g/mol. The Kier molecular flexibility index (Phi) is 6.32. The van der Waals surface area contributed by atoms with Gasteiger partial charge in [-0.05, 0) is 48.5 Å². The summed E-state index contributed by atoms with van der Waals surface area (Å²) in [6.07, 6.45) is 1.70. The molecule has 7 heteroatoms. The highest BCUT2D eigenvalue weighted by molar-refractivity contribution is 6.07. The topological polar surface area (TPSA) is 82.4 Å². The van der Waals surface area contributed by atoms with Gasteiger partial charge in [0.05, 0.1) is 5.56 Å². The molecule has 1 fully saturated rings. The number of carbonyl (C=O) groups excluding carboxylic acids is 1. The molecular formula is C26H27N5O2. The van der Waals surface area contributed by atoms with E-state index in [1.54, 1.807) is 18.3 Å². The van der Waals surface area contributed by atoms with Crippen molar-refractivity contribution in [3.63, 3.8) is 0 Å². The van der Waals surface area contributed by atoms with Gasteiger partial charge in [-0.1, -0.05) is 18.2 Å². The Balaban J connectivity index is 1.23. The zero-order valence-electron chi connectivity index (χ0n) is 18.4. The molecule has 4 aromatic rings. The molecule has 7 nitrogen and oxygen atoms in total. The minimum absolute atomic E-state index is 0.191. The highest BCUT2D eigenvalue weighted by Crippen LogP contribution is 2.28. The smallest absolute Gasteiger partial charge is 0.259 e. The molecule has 0 saturated carbocycles. The zero-order chi connectivity index (χ0) is 22.5. The van der Waals surface area contributed by atoms with E-state index in [0.29, 0.717) is 11.4 Å². The summed E-state index contributed by atoms with van der Waals surface area (Å²) in [6, 6.07) is 21.2. The van der Waals surface area contributed by atoms with E-state index in [9.17, 15) is 4.79 Å². The number of pyridine rings is 1. The van der Waals surface area contributed by atoms with Crippen LogP contribution in [0.2, 0.25) is 0 Å². The molecule has 168 valence electrons. The Morgan fingerprint density at radius 3 is 2.67 bits per heavy atom. The van der Waals surface area contributed by atoms with Crippen LogP contribution in [0.4, 0.5) is 11.5 Å². The van der Waals surface area contributed by atoms with E-state index in [2.05, 4.69) is 25.8 Å². The van der Waals surface area contributed by atoms with Gasteiger partial charge in [-0.3, -0.25) is 9.69 Å². The lowest BCUT2D eigenvalue weighted by Crippen LogP contribution is -2.45. The Hall–Kier alpha value is -3.68. The molecule has 1 amide bonds. The molecule has 3 N–H and O–H groups in total. The number of hydrogen-bond acceptors (Lipinski definition) is 6. The van der Waals surface area contributed by atoms with Gasteiger partial charge in [-0.25, -0.2) is 4.98 Å². The van der Waals surface area contributed by atoms with E-state index in [4.69, 9.17) is 4.42 Å². The van der Waals surface area contributed by atoms with Crippen LogP contribution >= 0.6 is 0 Å². The number of rotatable bonds is 7. The summed E-state index contributed by atoms with van der Waals surface area (Å²) in [6.45, 7) is 5.79. The molecular weight excluding hydrogens is 414 g/mol. The zero-order valence-corrected chi connectivity index (χ0v) is 18.4. The van der Waals surface area contributed by atoms with Gasteiger partial charge in [-0.15, -0.1) is 0 Å². The van der Waals surface area contributed by atoms with Gasteiger partial charge < -0.3 is 20.4 Å². The fraction of sp³-hybridized carbons (Fsp3) is 0.231. The Morgan fingerprint density at radius 2 is 1.85 bits per heavy atom. The number of hydrogen-bond donors (Lipinski definition) is 3. The third kappa shape index (κ3) is 5.05. The molecule has 0 bridgehead atoms. The van der Waals surface area contributed by atoms with Crippen LogP contribution in [0.3, 0.4) is 0 Å². The molecule has 0 aliphatic carbocycles. The molecule has 0 atom stereocenters. The summed E-state index contributed by atoms with van der Waals surface area (Å²) in [5.74, 6) is 1.21. The number of amides is 1. The van der Waals surface area contributed by atoms with E-state index in [1.165, 1.54) is 0 Å². The van der Waals surface area contributed by atoms with Crippen LogP contribution in [0.1, 0.15) is 10.4 Å². The van der Waals surface area contributed by atoms with Gasteiger partial charge in [0, 0.05) is 62.1 Å². The van der Waals surface area contributed by atoms with Crippen molar-refractivity contribution >= 4 is 28.4 Å². The molecule has 5 rings (SSSR count). The number of anilines is 2. The van der Waals surface area contributed by atoms with E-state index >= 15 is 0 Å². The highest BCUT2D eigenvalue weighted by atomic mass is 16.3. The summed E-state index contributed by atoms with van der Waals surface area (Å²) in [4.78, 5) is 19.7. The first-order chi connectivity index (χ1) is 16.3. The Bertz CT molecular complexity index is 1200. The maximum atomic E-state index is 12.9. The molecule has 0 radical (unpaired) electrons. The normalized spacial score (nSPS) is 14.3. The van der Waals surface area contributed by atoms with Gasteiger partial charge in [0.2, 0.25) is 0 Å². The molecule has 1 aliphatic rings. The van der Waals surface area contributed by atoms with Crippen molar-refractivity contribution in [1.29, 1.82) is 0 Å². The van der Waals surface area contributed by atoms with Crippen molar-refractivity contribution in [3.05, 3.63) is 78.5 Å². The standard InChI is InChI=1S/C26H27N5O2/c32-26(22-5-3-11-28-25(22)29-14-17-31-15-12-27-13-16-31)30-21-9-7-19(8-10-21)24-18-20-4-1-2-6-23(20)33-24/h1-11,18,27H,12-17H2,(H,28,29)(H,30,32). The summed E-state index contributed by atoms with van der Waals surface area (Å²) >= 11 is 0. The monoisotopic (exact) mass is 441 g/mol. The van der Waals surface area contributed by atoms with Crippen molar-refractivity contribution < 1.29 is 9.21 Å². The van der Waals surface area contributed by atoms with Crippen molar-refractivity contribution in [2.45, 2.75) is 0 Å². The second-order valence-electron chi connectivity index (χ2n) is 8.10. The first-order valence-corrected chi connectivity index (χ1v) is 11.3. The Labute approximate surface area is 192 Å². The van der Waals surface area contributed by atoms with E-state index in [0.717, 1.165) is 67.2 Å². The maximum Gasteiger partial charge on any atom is 0.259 e. The van der Waals surface area contributed by atoms with E-state index in [-0.39, 0.29) is 5.91 Å². The third-order valence-electron chi connectivity index (χ3n) is 5.84. The Morgan fingerprint density at radius 1 is 1.03 bits per heavy atom. The first kappa shape index (κ1) is 21.2. The second-order valence-corrected chi connectivity index (χ2v) is 8.10. The molecule has 0 spiro atoms. The average Bonchev–Trinajstić information content (AvgIpc) is 3.30. The maximum absolute atomic E-state index is 12.9. The van der Waals surface area contributed by atoms with Crippen LogP contribution in [0.5, 0.6) is 0 Å². The molecule has 2 aromatic heterocycles. The van der Waals surface area contributed by atoms with Crippen LogP contribution in [0, 0.1) is 0 Å². The number of para-hydroxylation sites is 1. The number of carbonyl (C=O) groups is 1. The van der Waals surface area contributed by atoms with Crippen LogP contribution < -0.4 is 16.0 Å². The molecule has 1 saturated heterocycles. The number of aromatic nitrogens is 1. The van der Waals surface area contributed by atoms with Gasteiger partial charge in [-0.2, -0.15) is 0 Å². The summed E-state index contributed by atoms with van der Waals surface area (Å²) < 4.78 is 5.93. The quantitative estimate of drug-likeness (QED) is 0.401. The van der Waals surface area contributed by atoms with Crippen LogP contribution in [-0.4, -0.2) is 55.1 Å². The van der Waals surface area contributed by atoms with Crippen LogP contribution in [0.25, 0.3) is 22.3 Å². The minimum atomic E-state index is -0.191. The van der Waals surface area contributed by atoms with Gasteiger partial charge >= 0.3 is 0 Å². The fourth-order valence-electron chi connectivity index (χ4n) is 4.04. The molecule has 3 heterocycles. The van der Waals surface area contributed by atoms with Gasteiger partial charge in [0.25, 0.3) is 5.91 Å². The van der Waals surface area contributed by atoms with Crippen LogP contribution in [-0.2, 0) is 0 Å². The number of piperazine rings is 1. The number of fused-ring (bicyclic) bond motifs is 1. The molecule has 2 aromatic carbocycles. The predicted octanol–water partition coefficient (Wildman–Crippen LogP) is 4.06. The predicted molar refractivity (Wildman–Crippen MR) is 132 cm³/mol. The van der Waals surface area contributed by atoms with E-state index < -0.39 is 0 Å². The number of nitrogens with one attached hydrogen (secondary N) is 3. The largest absolute Gasteiger partial charge is 0.456 e. The summed E-state index contributed by atoms with van der Waals surface area (Å²) in [7, 11) is 0. The summed E-state index contributed by atoms with van der Waals surface area (Å²) in [5, 5.41) is 10.7. The van der Waals surface area contributed by atoms with Crippen molar-refractivity contribution in [2.24, 2.45) is 0 Å². The molecule has 33 heavy (non-hydrogen) atoms. The SMILES string of the molecule is O=C(Nc1ccc(-c2cc3ccccc3o2)cc1)c1cccnc1NCCN1CCNCC1. The van der Waals surface area contributed by atoms with Crippen molar-refractivity contribution in [3.8, 4) is 11.3 Å². The number of nitrogens with zero attached hydrogens (tertiary/aromatic N) is 2. The number of furan rings is 1. The highest BCUT2D eigenvalue weighted by Gasteiger charge is 2.14. The lowest BCUT2D eigenvalue weighted by molar-refractivity contribution is 0.102.